The third kappa shape index (κ3) is 3.68. The van der Waals surface area contributed by atoms with Crippen molar-refractivity contribution in [2.24, 2.45) is 0 Å². The maximum atomic E-state index is 12.3. The Balaban J connectivity index is 2.17. The van der Waals surface area contributed by atoms with Crippen molar-refractivity contribution in [2.45, 2.75) is 25.9 Å². The molecule has 0 bridgehead atoms. The number of amides is 1. The lowest BCUT2D eigenvalue weighted by atomic mass is 10.2. The van der Waals surface area contributed by atoms with Crippen molar-refractivity contribution in [3.8, 4) is 0 Å². The Morgan fingerprint density at radius 3 is 2.61 bits per heavy atom. The van der Waals surface area contributed by atoms with Crippen LogP contribution in [0.15, 0.2) is 33.9 Å². The maximum Gasteiger partial charge on any atom is 0.273 e. The number of ether oxygens (including phenoxy) is 1. The van der Waals surface area contributed by atoms with Gasteiger partial charge < -0.3 is 9.64 Å². The number of carbonyl (C=O) groups excluding carboxylic acids is 1. The van der Waals surface area contributed by atoms with E-state index in [0.29, 0.717) is 17.4 Å². The largest absolute Gasteiger partial charge is 0.383 e. The molecule has 1 atom stereocenters. The lowest BCUT2D eigenvalue weighted by molar-refractivity contribution is -0.132. The van der Waals surface area contributed by atoms with Crippen molar-refractivity contribution in [3.05, 3.63) is 45.0 Å². The van der Waals surface area contributed by atoms with Crippen molar-refractivity contribution in [1.29, 1.82) is 0 Å². The van der Waals surface area contributed by atoms with Crippen molar-refractivity contribution < 1.29 is 9.53 Å². The number of nitrogens with zero attached hydrogens (tertiary/aromatic N) is 2. The second kappa shape index (κ2) is 7.23. The SMILES string of the molecule is COC[C@@H](C)N(C)C(=O)CCn1[nH]c(=O)c2ccccc2c1=O. The number of aryl methyl sites for hydroxylation is 1. The Morgan fingerprint density at radius 1 is 1.30 bits per heavy atom. The number of carbonyl (C=O) groups is 1. The topological polar surface area (TPSA) is 84.4 Å². The fourth-order valence-electron chi connectivity index (χ4n) is 2.39. The molecular formula is C16H21N3O4. The number of nitrogens with one attached hydrogen (secondary N) is 1. The van der Waals surface area contributed by atoms with Gasteiger partial charge in [0.15, 0.2) is 0 Å². The van der Waals surface area contributed by atoms with Crippen LogP contribution in [-0.2, 0) is 16.1 Å². The molecule has 124 valence electrons. The van der Waals surface area contributed by atoms with E-state index < -0.39 is 0 Å². The molecule has 0 aliphatic carbocycles. The summed E-state index contributed by atoms with van der Waals surface area (Å²) in [6.45, 7) is 2.45. The van der Waals surface area contributed by atoms with Crippen molar-refractivity contribution in [1.82, 2.24) is 14.7 Å². The summed E-state index contributed by atoms with van der Waals surface area (Å²) >= 11 is 0. The molecule has 0 aliphatic rings. The van der Waals surface area contributed by atoms with Gasteiger partial charge in [-0.2, -0.15) is 0 Å². The third-order valence-electron chi connectivity index (χ3n) is 3.90. The van der Waals surface area contributed by atoms with Gasteiger partial charge in [0.05, 0.1) is 30.0 Å². The summed E-state index contributed by atoms with van der Waals surface area (Å²) < 4.78 is 6.22. The zero-order chi connectivity index (χ0) is 17.0. The van der Waals surface area contributed by atoms with Gasteiger partial charge in [-0.1, -0.05) is 12.1 Å². The molecule has 7 heteroatoms. The Kier molecular flexibility index (Phi) is 5.33. The molecule has 0 saturated heterocycles. The van der Waals surface area contributed by atoms with E-state index in [0.717, 1.165) is 0 Å². The number of aromatic nitrogens is 2. The number of methoxy groups -OCH3 is 1. The number of likely N-dealkylation sites (N-methyl/N-ethyl adjacent to an activating group) is 1. The average Bonchev–Trinajstić information content (AvgIpc) is 2.56. The molecule has 1 N–H and O–H groups in total. The van der Waals surface area contributed by atoms with E-state index in [1.165, 1.54) is 4.68 Å². The first-order valence-electron chi connectivity index (χ1n) is 7.42. The Morgan fingerprint density at radius 2 is 1.96 bits per heavy atom. The van der Waals surface area contributed by atoms with E-state index in [4.69, 9.17) is 4.74 Å². The normalized spacial score (nSPS) is 12.3. The molecule has 2 aromatic rings. The zero-order valence-electron chi connectivity index (χ0n) is 13.5. The molecule has 1 aromatic heterocycles. The lowest BCUT2D eigenvalue weighted by Gasteiger charge is -2.24. The van der Waals surface area contributed by atoms with E-state index in [1.54, 1.807) is 43.3 Å². The minimum Gasteiger partial charge on any atom is -0.383 e. The first kappa shape index (κ1) is 17.0. The summed E-state index contributed by atoms with van der Waals surface area (Å²) in [6.07, 6.45) is 0.124. The Hall–Kier alpha value is -2.41. The molecule has 1 heterocycles. The van der Waals surface area contributed by atoms with Gasteiger partial charge in [-0.05, 0) is 19.1 Å². The van der Waals surface area contributed by atoms with Crippen LogP contribution in [0.2, 0.25) is 0 Å². The first-order valence-corrected chi connectivity index (χ1v) is 7.42. The summed E-state index contributed by atoms with van der Waals surface area (Å²) in [6, 6.07) is 6.57. The van der Waals surface area contributed by atoms with E-state index in [1.807, 2.05) is 6.92 Å². The van der Waals surface area contributed by atoms with Crippen LogP contribution in [0, 0.1) is 0 Å². The minimum atomic E-state index is -0.339. The molecule has 1 aromatic carbocycles. The van der Waals surface area contributed by atoms with Gasteiger partial charge in [0.2, 0.25) is 5.91 Å². The lowest BCUT2D eigenvalue weighted by Crippen LogP contribution is -2.39. The molecular weight excluding hydrogens is 298 g/mol. The molecule has 0 unspecified atom stereocenters. The number of benzene rings is 1. The van der Waals surface area contributed by atoms with Crippen molar-refractivity contribution >= 4 is 16.7 Å². The molecule has 0 fully saturated rings. The highest BCUT2D eigenvalue weighted by Gasteiger charge is 2.16. The van der Waals surface area contributed by atoms with E-state index in [2.05, 4.69) is 5.10 Å². The molecule has 0 saturated carbocycles. The van der Waals surface area contributed by atoms with Crippen LogP contribution in [0.3, 0.4) is 0 Å². The third-order valence-corrected chi connectivity index (χ3v) is 3.90. The smallest absolute Gasteiger partial charge is 0.273 e. The predicted molar refractivity (Wildman–Crippen MR) is 87.6 cm³/mol. The maximum absolute atomic E-state index is 12.3. The monoisotopic (exact) mass is 319 g/mol. The minimum absolute atomic E-state index is 0.0557. The summed E-state index contributed by atoms with van der Waals surface area (Å²) in [5, 5.41) is 3.22. The van der Waals surface area contributed by atoms with Gasteiger partial charge in [0, 0.05) is 20.6 Å². The molecule has 0 spiro atoms. The molecule has 23 heavy (non-hydrogen) atoms. The van der Waals surface area contributed by atoms with Crippen LogP contribution in [0.1, 0.15) is 13.3 Å². The first-order chi connectivity index (χ1) is 11.0. The van der Waals surface area contributed by atoms with Crippen molar-refractivity contribution in [3.63, 3.8) is 0 Å². The van der Waals surface area contributed by atoms with Crippen molar-refractivity contribution in [2.75, 3.05) is 20.8 Å². The van der Waals surface area contributed by atoms with Gasteiger partial charge >= 0.3 is 0 Å². The Bertz CT molecular complexity index is 809. The van der Waals surface area contributed by atoms with Crippen LogP contribution < -0.4 is 11.1 Å². The van der Waals surface area contributed by atoms with E-state index in [9.17, 15) is 14.4 Å². The number of H-pyrrole nitrogens is 1. The van der Waals surface area contributed by atoms with E-state index in [-0.39, 0.29) is 36.0 Å². The second-order valence-electron chi connectivity index (χ2n) is 5.50. The fraction of sp³-hybridized carbons (Fsp3) is 0.438. The average molecular weight is 319 g/mol. The van der Waals surface area contributed by atoms with Gasteiger partial charge in [0.1, 0.15) is 0 Å². The molecule has 1 amide bonds. The molecule has 7 nitrogen and oxygen atoms in total. The summed E-state index contributed by atoms with van der Waals surface area (Å²) in [5.74, 6) is -0.115. The van der Waals surface area contributed by atoms with Crippen LogP contribution in [-0.4, -0.2) is 47.4 Å². The number of rotatable bonds is 6. The quantitative estimate of drug-likeness (QED) is 0.844. The summed E-state index contributed by atoms with van der Waals surface area (Å²) in [4.78, 5) is 38.1. The van der Waals surface area contributed by atoms with E-state index >= 15 is 0 Å². The van der Waals surface area contributed by atoms with Crippen LogP contribution in [0.25, 0.3) is 10.8 Å². The number of aromatic amines is 1. The molecule has 2 rings (SSSR count). The van der Waals surface area contributed by atoms with Crippen LogP contribution in [0.4, 0.5) is 0 Å². The van der Waals surface area contributed by atoms with Crippen LogP contribution in [0.5, 0.6) is 0 Å². The number of hydrogen-bond donors (Lipinski definition) is 1. The molecule has 0 radical (unpaired) electrons. The van der Waals surface area contributed by atoms with Crippen LogP contribution >= 0.6 is 0 Å². The van der Waals surface area contributed by atoms with Gasteiger partial charge in [-0.15, -0.1) is 0 Å². The zero-order valence-corrected chi connectivity index (χ0v) is 13.5. The standard InChI is InChI=1S/C16H21N3O4/c1-11(10-23-3)18(2)14(20)8-9-19-16(22)13-7-5-4-6-12(13)15(21)17-19/h4-7,11H,8-10H2,1-3H3,(H,17,21)/t11-/m1/s1. The number of fused-ring (bicyclic) bond motifs is 1. The highest BCUT2D eigenvalue weighted by molar-refractivity contribution is 5.80. The van der Waals surface area contributed by atoms with Gasteiger partial charge in [0.25, 0.3) is 11.1 Å². The van der Waals surface area contributed by atoms with Gasteiger partial charge in [-0.3, -0.25) is 19.5 Å². The summed E-state index contributed by atoms with van der Waals surface area (Å²) in [7, 11) is 3.27. The highest BCUT2D eigenvalue weighted by atomic mass is 16.5. The predicted octanol–water partition coefficient (Wildman–Crippen LogP) is 0.573. The second-order valence-corrected chi connectivity index (χ2v) is 5.50. The molecule has 0 aliphatic heterocycles. The Labute approximate surface area is 133 Å². The number of hydrogen-bond acceptors (Lipinski definition) is 4. The fourth-order valence-corrected chi connectivity index (χ4v) is 2.39. The summed E-state index contributed by atoms with van der Waals surface area (Å²) in [5.41, 5.74) is -0.644. The van der Waals surface area contributed by atoms with Gasteiger partial charge in [-0.25, -0.2) is 4.68 Å². The highest BCUT2D eigenvalue weighted by Crippen LogP contribution is 2.04.